The van der Waals surface area contributed by atoms with Gasteiger partial charge in [0.25, 0.3) is 5.91 Å². The maximum atomic E-state index is 12.1. The summed E-state index contributed by atoms with van der Waals surface area (Å²) in [6, 6.07) is 6.30. The van der Waals surface area contributed by atoms with Crippen LogP contribution in [0.2, 0.25) is 0 Å². The minimum atomic E-state index is -0.300. The lowest BCUT2D eigenvalue weighted by Crippen LogP contribution is -2.40. The normalized spacial score (nSPS) is 11.2. The number of anilines is 2. The number of amides is 1. The van der Waals surface area contributed by atoms with Crippen LogP contribution in [-0.2, 0) is 12.8 Å². The maximum absolute atomic E-state index is 12.1. The fourth-order valence-electron chi connectivity index (χ4n) is 2.45. The van der Waals surface area contributed by atoms with Crippen molar-refractivity contribution in [3.63, 3.8) is 0 Å². The Balaban J connectivity index is 2.20. The van der Waals surface area contributed by atoms with Gasteiger partial charge in [0, 0.05) is 11.2 Å². The molecule has 5 nitrogen and oxygen atoms in total. The zero-order valence-corrected chi connectivity index (χ0v) is 15.1. The molecule has 5 heteroatoms. The monoisotopic (exact) mass is 326 g/mol. The molecule has 0 atom stereocenters. The molecule has 2 aromatic rings. The summed E-state index contributed by atoms with van der Waals surface area (Å²) >= 11 is 0. The summed E-state index contributed by atoms with van der Waals surface area (Å²) in [5, 5.41) is 6.23. The van der Waals surface area contributed by atoms with Crippen LogP contribution in [-0.4, -0.2) is 21.4 Å². The summed E-state index contributed by atoms with van der Waals surface area (Å²) in [5.41, 5.74) is 3.58. The molecule has 0 radical (unpaired) electrons. The Morgan fingerprint density at radius 2 is 1.67 bits per heavy atom. The number of nitrogens with zero attached hydrogens (tertiary/aromatic N) is 2. The number of benzene rings is 1. The second kappa shape index (κ2) is 7.43. The van der Waals surface area contributed by atoms with Gasteiger partial charge in [0.1, 0.15) is 11.5 Å². The molecule has 1 aromatic heterocycles. The van der Waals surface area contributed by atoms with Crippen molar-refractivity contribution >= 4 is 17.4 Å². The smallest absolute Gasteiger partial charge is 0.271 e. The summed E-state index contributed by atoms with van der Waals surface area (Å²) in [6.45, 7) is 10.1. The van der Waals surface area contributed by atoms with E-state index >= 15 is 0 Å². The van der Waals surface area contributed by atoms with Crippen molar-refractivity contribution in [3.8, 4) is 0 Å². The highest BCUT2D eigenvalue weighted by Gasteiger charge is 2.16. The lowest BCUT2D eigenvalue weighted by Gasteiger charge is -2.20. The molecule has 2 rings (SSSR count). The van der Waals surface area contributed by atoms with E-state index in [0.717, 1.165) is 18.5 Å². The number of nitrogens with one attached hydrogen (secondary N) is 2. The average molecular weight is 326 g/mol. The molecule has 0 bridgehead atoms. The first-order valence-electron chi connectivity index (χ1n) is 8.36. The van der Waals surface area contributed by atoms with Crippen molar-refractivity contribution in [3.05, 3.63) is 47.4 Å². The van der Waals surface area contributed by atoms with Crippen LogP contribution in [0.1, 0.15) is 56.2 Å². The van der Waals surface area contributed by atoms with Crippen molar-refractivity contribution in [1.29, 1.82) is 0 Å². The van der Waals surface area contributed by atoms with Crippen LogP contribution in [0.15, 0.2) is 30.6 Å². The van der Waals surface area contributed by atoms with Crippen LogP contribution in [0.3, 0.4) is 0 Å². The molecule has 1 amide bonds. The second-order valence-corrected chi connectivity index (χ2v) is 6.77. The third-order valence-electron chi connectivity index (χ3n) is 3.62. The van der Waals surface area contributed by atoms with Crippen LogP contribution in [0.25, 0.3) is 0 Å². The maximum Gasteiger partial charge on any atom is 0.271 e. The van der Waals surface area contributed by atoms with E-state index in [1.54, 1.807) is 6.20 Å². The highest BCUT2D eigenvalue weighted by atomic mass is 16.2. The van der Waals surface area contributed by atoms with Gasteiger partial charge in [-0.1, -0.05) is 32.0 Å². The standard InChI is InChI=1S/C19H26N4O/c1-6-13-9-8-10-14(7-2)17(13)22-16-12-20-15(11-21-16)18(24)23-19(3,4)5/h8-12H,6-7H2,1-5H3,(H,21,22)(H,23,24). The zero-order valence-electron chi connectivity index (χ0n) is 15.1. The van der Waals surface area contributed by atoms with Crippen molar-refractivity contribution in [1.82, 2.24) is 15.3 Å². The van der Waals surface area contributed by atoms with E-state index in [1.807, 2.05) is 20.8 Å². The first-order chi connectivity index (χ1) is 11.3. The number of aryl methyl sites for hydroxylation is 2. The van der Waals surface area contributed by atoms with Crippen LogP contribution < -0.4 is 10.6 Å². The van der Waals surface area contributed by atoms with Gasteiger partial charge in [0.15, 0.2) is 0 Å². The van der Waals surface area contributed by atoms with E-state index in [0.29, 0.717) is 11.5 Å². The molecule has 1 aromatic carbocycles. The van der Waals surface area contributed by atoms with Crippen LogP contribution in [0.5, 0.6) is 0 Å². The Labute approximate surface area is 143 Å². The molecule has 2 N–H and O–H groups in total. The molecular weight excluding hydrogens is 300 g/mol. The van der Waals surface area contributed by atoms with Gasteiger partial charge in [-0.15, -0.1) is 0 Å². The summed E-state index contributed by atoms with van der Waals surface area (Å²) in [5.74, 6) is 0.419. The van der Waals surface area contributed by atoms with Gasteiger partial charge in [0.2, 0.25) is 0 Å². The molecule has 128 valence electrons. The number of hydrogen-bond donors (Lipinski definition) is 2. The quantitative estimate of drug-likeness (QED) is 0.875. The number of rotatable bonds is 5. The van der Waals surface area contributed by atoms with Crippen LogP contribution in [0.4, 0.5) is 11.5 Å². The second-order valence-electron chi connectivity index (χ2n) is 6.77. The largest absolute Gasteiger partial charge is 0.346 e. The number of aromatic nitrogens is 2. The average Bonchev–Trinajstić information content (AvgIpc) is 2.54. The molecule has 0 unspecified atom stereocenters. The van der Waals surface area contributed by atoms with Crippen molar-refractivity contribution < 1.29 is 4.79 Å². The summed E-state index contributed by atoms with van der Waals surface area (Å²) < 4.78 is 0. The highest BCUT2D eigenvalue weighted by Crippen LogP contribution is 2.25. The van der Waals surface area contributed by atoms with E-state index in [1.165, 1.54) is 17.3 Å². The molecule has 0 aliphatic carbocycles. The first kappa shape index (κ1) is 17.9. The van der Waals surface area contributed by atoms with Gasteiger partial charge >= 0.3 is 0 Å². The molecule has 0 spiro atoms. The Morgan fingerprint density at radius 1 is 1.04 bits per heavy atom. The molecule has 0 saturated carbocycles. The van der Waals surface area contributed by atoms with Crippen molar-refractivity contribution in [2.45, 2.75) is 53.0 Å². The highest BCUT2D eigenvalue weighted by molar-refractivity contribution is 5.92. The molecule has 0 fully saturated rings. The Hall–Kier alpha value is -2.43. The van der Waals surface area contributed by atoms with E-state index in [-0.39, 0.29) is 11.4 Å². The van der Waals surface area contributed by atoms with Gasteiger partial charge in [0.05, 0.1) is 12.4 Å². The predicted molar refractivity (Wildman–Crippen MR) is 97.7 cm³/mol. The number of carbonyl (C=O) groups is 1. The summed E-state index contributed by atoms with van der Waals surface area (Å²) in [6.07, 6.45) is 4.98. The fraction of sp³-hybridized carbons (Fsp3) is 0.421. The Morgan fingerprint density at radius 3 is 2.12 bits per heavy atom. The van der Waals surface area contributed by atoms with Crippen molar-refractivity contribution in [2.75, 3.05) is 5.32 Å². The van der Waals surface area contributed by atoms with Crippen molar-refractivity contribution in [2.24, 2.45) is 0 Å². The molecule has 0 aliphatic heterocycles. The number of carbonyl (C=O) groups excluding carboxylic acids is 1. The number of hydrogen-bond acceptors (Lipinski definition) is 4. The SMILES string of the molecule is CCc1cccc(CC)c1Nc1cnc(C(=O)NC(C)(C)C)cn1. The predicted octanol–water partition coefficient (Wildman–Crippen LogP) is 3.87. The van der Waals surface area contributed by atoms with E-state index < -0.39 is 0 Å². The van der Waals surface area contributed by atoms with E-state index in [2.05, 4.69) is 52.6 Å². The first-order valence-corrected chi connectivity index (χ1v) is 8.36. The van der Waals surface area contributed by atoms with Gasteiger partial charge in [-0.3, -0.25) is 4.79 Å². The van der Waals surface area contributed by atoms with Gasteiger partial charge in [-0.2, -0.15) is 0 Å². The van der Waals surface area contributed by atoms with Gasteiger partial charge in [-0.25, -0.2) is 9.97 Å². The lowest BCUT2D eigenvalue weighted by atomic mass is 10.0. The minimum absolute atomic E-state index is 0.218. The molecular formula is C19H26N4O. The Kier molecular flexibility index (Phi) is 5.54. The zero-order chi connectivity index (χ0) is 17.7. The summed E-state index contributed by atoms with van der Waals surface area (Å²) in [7, 11) is 0. The molecule has 0 aliphatic rings. The van der Waals surface area contributed by atoms with Crippen LogP contribution in [0, 0.1) is 0 Å². The van der Waals surface area contributed by atoms with E-state index in [4.69, 9.17) is 0 Å². The third kappa shape index (κ3) is 4.54. The summed E-state index contributed by atoms with van der Waals surface area (Å²) in [4.78, 5) is 20.7. The van der Waals surface area contributed by atoms with Gasteiger partial charge < -0.3 is 10.6 Å². The third-order valence-corrected chi connectivity index (χ3v) is 3.62. The van der Waals surface area contributed by atoms with Gasteiger partial charge in [-0.05, 0) is 44.7 Å². The molecule has 24 heavy (non-hydrogen) atoms. The Bertz CT molecular complexity index is 680. The van der Waals surface area contributed by atoms with Crippen LogP contribution >= 0.6 is 0 Å². The minimum Gasteiger partial charge on any atom is -0.346 e. The van der Waals surface area contributed by atoms with E-state index in [9.17, 15) is 4.79 Å². The topological polar surface area (TPSA) is 66.9 Å². The lowest BCUT2D eigenvalue weighted by molar-refractivity contribution is 0.0914. The fourth-order valence-corrected chi connectivity index (χ4v) is 2.45. The molecule has 1 heterocycles. The number of para-hydroxylation sites is 1. The molecule has 0 saturated heterocycles.